The summed E-state index contributed by atoms with van der Waals surface area (Å²) in [6.45, 7) is 8.60. The van der Waals surface area contributed by atoms with Crippen molar-refractivity contribution in [3.05, 3.63) is 29.8 Å². The standard InChI is InChI=1S/C11H15N3/c1-8-10-5-9(11(2,3)4)6-14(10)13-7-12-8/h5-7H,1-4H3. The molecule has 2 aromatic rings. The van der Waals surface area contributed by atoms with Crippen LogP contribution in [0.5, 0.6) is 0 Å². The predicted octanol–water partition coefficient (Wildman–Crippen LogP) is 2.34. The van der Waals surface area contributed by atoms with Gasteiger partial charge in [0.25, 0.3) is 0 Å². The third kappa shape index (κ3) is 1.39. The number of nitrogens with zero attached hydrogens (tertiary/aromatic N) is 3. The lowest BCUT2D eigenvalue weighted by atomic mass is 9.89. The molecule has 0 fully saturated rings. The van der Waals surface area contributed by atoms with Crippen molar-refractivity contribution in [2.45, 2.75) is 33.1 Å². The molecule has 3 heteroatoms. The van der Waals surface area contributed by atoms with Gasteiger partial charge in [-0.2, -0.15) is 5.10 Å². The average Bonchev–Trinajstić information content (AvgIpc) is 2.48. The Labute approximate surface area is 83.8 Å². The van der Waals surface area contributed by atoms with E-state index in [-0.39, 0.29) is 5.41 Å². The third-order valence-electron chi connectivity index (χ3n) is 2.46. The van der Waals surface area contributed by atoms with Gasteiger partial charge in [-0.05, 0) is 24.0 Å². The SMILES string of the molecule is Cc1ncnn2cc(C(C)(C)C)cc12. The summed E-state index contributed by atoms with van der Waals surface area (Å²) in [5.74, 6) is 0. The minimum absolute atomic E-state index is 0.167. The van der Waals surface area contributed by atoms with Gasteiger partial charge >= 0.3 is 0 Å². The summed E-state index contributed by atoms with van der Waals surface area (Å²) >= 11 is 0. The average molecular weight is 189 g/mol. The van der Waals surface area contributed by atoms with Gasteiger partial charge < -0.3 is 0 Å². The van der Waals surface area contributed by atoms with Crippen LogP contribution in [0.25, 0.3) is 5.52 Å². The van der Waals surface area contributed by atoms with Crippen LogP contribution >= 0.6 is 0 Å². The molecule has 0 radical (unpaired) electrons. The van der Waals surface area contributed by atoms with Crippen LogP contribution in [0, 0.1) is 6.92 Å². The van der Waals surface area contributed by atoms with Gasteiger partial charge in [-0.15, -0.1) is 0 Å². The van der Waals surface area contributed by atoms with Crippen LogP contribution in [0.15, 0.2) is 18.6 Å². The monoisotopic (exact) mass is 189 g/mol. The lowest BCUT2D eigenvalue weighted by molar-refractivity contribution is 0.589. The smallest absolute Gasteiger partial charge is 0.136 e. The molecule has 0 unspecified atom stereocenters. The van der Waals surface area contributed by atoms with Crippen molar-refractivity contribution in [2.24, 2.45) is 0 Å². The van der Waals surface area contributed by atoms with Gasteiger partial charge in [0, 0.05) is 6.20 Å². The summed E-state index contributed by atoms with van der Waals surface area (Å²) in [6.07, 6.45) is 3.67. The Morgan fingerprint density at radius 1 is 1.29 bits per heavy atom. The number of hydrogen-bond acceptors (Lipinski definition) is 2. The summed E-state index contributed by atoms with van der Waals surface area (Å²) in [5, 5.41) is 4.18. The first-order valence-electron chi connectivity index (χ1n) is 4.79. The van der Waals surface area contributed by atoms with Gasteiger partial charge in [-0.3, -0.25) is 0 Å². The van der Waals surface area contributed by atoms with Crippen LogP contribution in [0.3, 0.4) is 0 Å². The topological polar surface area (TPSA) is 30.2 Å². The van der Waals surface area contributed by atoms with E-state index < -0.39 is 0 Å². The van der Waals surface area contributed by atoms with Crippen molar-refractivity contribution in [1.82, 2.24) is 14.6 Å². The van der Waals surface area contributed by atoms with E-state index in [1.807, 2.05) is 11.4 Å². The van der Waals surface area contributed by atoms with Crippen molar-refractivity contribution in [1.29, 1.82) is 0 Å². The van der Waals surface area contributed by atoms with Crippen molar-refractivity contribution >= 4 is 5.52 Å². The number of hydrogen-bond donors (Lipinski definition) is 0. The minimum atomic E-state index is 0.167. The molecule has 0 aliphatic carbocycles. The zero-order chi connectivity index (χ0) is 10.3. The lowest BCUT2D eigenvalue weighted by Gasteiger charge is -2.15. The van der Waals surface area contributed by atoms with E-state index >= 15 is 0 Å². The molecule has 0 saturated heterocycles. The second-order valence-corrected chi connectivity index (χ2v) is 4.65. The molecule has 0 saturated carbocycles. The Morgan fingerprint density at radius 2 is 2.00 bits per heavy atom. The molecule has 2 heterocycles. The van der Waals surface area contributed by atoms with Crippen molar-refractivity contribution in [2.75, 3.05) is 0 Å². The predicted molar refractivity (Wildman–Crippen MR) is 56.4 cm³/mol. The Hall–Kier alpha value is -1.38. The zero-order valence-corrected chi connectivity index (χ0v) is 9.07. The molecule has 0 atom stereocenters. The molecule has 0 aromatic carbocycles. The minimum Gasteiger partial charge on any atom is -0.238 e. The number of fused-ring (bicyclic) bond motifs is 1. The first-order valence-corrected chi connectivity index (χ1v) is 4.79. The molecular formula is C11H15N3. The van der Waals surface area contributed by atoms with Gasteiger partial charge in [-0.1, -0.05) is 20.8 Å². The molecule has 74 valence electrons. The van der Waals surface area contributed by atoms with Crippen LogP contribution in [0.4, 0.5) is 0 Å². The maximum atomic E-state index is 4.18. The van der Waals surface area contributed by atoms with Crippen LogP contribution in [0.1, 0.15) is 32.0 Å². The summed E-state index contributed by atoms with van der Waals surface area (Å²) in [4.78, 5) is 4.17. The van der Waals surface area contributed by atoms with Gasteiger partial charge in [0.15, 0.2) is 0 Å². The van der Waals surface area contributed by atoms with E-state index in [1.165, 1.54) is 5.56 Å². The van der Waals surface area contributed by atoms with Crippen LogP contribution < -0.4 is 0 Å². The van der Waals surface area contributed by atoms with Gasteiger partial charge in [-0.25, -0.2) is 9.50 Å². The second-order valence-electron chi connectivity index (χ2n) is 4.65. The fraction of sp³-hybridized carbons (Fsp3) is 0.455. The Kier molecular flexibility index (Phi) is 1.84. The fourth-order valence-corrected chi connectivity index (χ4v) is 1.46. The van der Waals surface area contributed by atoms with Gasteiger partial charge in [0.05, 0.1) is 11.2 Å². The highest BCUT2D eigenvalue weighted by Crippen LogP contribution is 2.24. The summed E-state index contributed by atoms with van der Waals surface area (Å²) in [6, 6.07) is 2.16. The highest BCUT2D eigenvalue weighted by molar-refractivity contribution is 5.54. The zero-order valence-electron chi connectivity index (χ0n) is 9.07. The largest absolute Gasteiger partial charge is 0.238 e. The first kappa shape index (κ1) is 9.19. The van der Waals surface area contributed by atoms with E-state index in [1.54, 1.807) is 6.33 Å². The molecule has 0 spiro atoms. The van der Waals surface area contributed by atoms with Crippen molar-refractivity contribution in [3.8, 4) is 0 Å². The summed E-state index contributed by atoms with van der Waals surface area (Å²) in [5.41, 5.74) is 3.58. The van der Waals surface area contributed by atoms with Crippen molar-refractivity contribution < 1.29 is 0 Å². The molecule has 0 N–H and O–H groups in total. The van der Waals surface area contributed by atoms with Crippen LogP contribution in [-0.2, 0) is 5.41 Å². The maximum absolute atomic E-state index is 4.18. The van der Waals surface area contributed by atoms with Crippen LogP contribution in [0.2, 0.25) is 0 Å². The second kappa shape index (κ2) is 2.80. The first-order chi connectivity index (χ1) is 6.48. The number of aryl methyl sites for hydroxylation is 1. The molecule has 0 aliphatic rings. The maximum Gasteiger partial charge on any atom is 0.136 e. The van der Waals surface area contributed by atoms with Gasteiger partial charge in [0.1, 0.15) is 6.33 Å². The van der Waals surface area contributed by atoms with E-state index in [0.29, 0.717) is 0 Å². The number of aromatic nitrogens is 3. The van der Waals surface area contributed by atoms with E-state index in [2.05, 4.69) is 43.1 Å². The van der Waals surface area contributed by atoms with Gasteiger partial charge in [0.2, 0.25) is 0 Å². The Morgan fingerprint density at radius 3 is 2.57 bits per heavy atom. The fourth-order valence-electron chi connectivity index (χ4n) is 1.46. The highest BCUT2D eigenvalue weighted by atomic mass is 15.2. The molecule has 0 aliphatic heterocycles. The summed E-state index contributed by atoms with van der Waals surface area (Å²) < 4.78 is 1.89. The molecule has 3 nitrogen and oxygen atoms in total. The normalized spacial score (nSPS) is 12.3. The Bertz CT molecular complexity index is 463. The van der Waals surface area contributed by atoms with E-state index in [0.717, 1.165) is 11.2 Å². The van der Waals surface area contributed by atoms with Crippen molar-refractivity contribution in [3.63, 3.8) is 0 Å². The Balaban J connectivity index is 2.69. The van der Waals surface area contributed by atoms with E-state index in [4.69, 9.17) is 0 Å². The molecule has 2 rings (SSSR count). The molecule has 0 amide bonds. The lowest BCUT2D eigenvalue weighted by Crippen LogP contribution is -2.09. The molecule has 0 bridgehead atoms. The molecular weight excluding hydrogens is 174 g/mol. The van der Waals surface area contributed by atoms with Crippen LogP contribution in [-0.4, -0.2) is 14.6 Å². The molecule has 2 aromatic heterocycles. The highest BCUT2D eigenvalue weighted by Gasteiger charge is 2.16. The third-order valence-corrected chi connectivity index (χ3v) is 2.46. The molecule has 14 heavy (non-hydrogen) atoms. The quantitative estimate of drug-likeness (QED) is 0.636. The number of rotatable bonds is 0. The summed E-state index contributed by atoms with van der Waals surface area (Å²) in [7, 11) is 0. The van der Waals surface area contributed by atoms with E-state index in [9.17, 15) is 0 Å².